The highest BCUT2D eigenvalue weighted by atomic mass is 16.7. The Morgan fingerprint density at radius 2 is 0.674 bits per heavy atom. The van der Waals surface area contributed by atoms with Crippen LogP contribution < -0.4 is 5.32 Å². The highest BCUT2D eigenvalue weighted by Gasteiger charge is 2.44. The fraction of sp³-hybridized carbons (Fsp3) is 0.795. The van der Waals surface area contributed by atoms with Gasteiger partial charge < -0.3 is 40.3 Å². The molecule has 0 bridgehead atoms. The van der Waals surface area contributed by atoms with Crippen LogP contribution in [0.3, 0.4) is 0 Å². The monoisotopic (exact) mass is 1290 g/mol. The van der Waals surface area contributed by atoms with Crippen LogP contribution >= 0.6 is 0 Å². The van der Waals surface area contributed by atoms with Crippen molar-refractivity contribution >= 4 is 5.91 Å². The van der Waals surface area contributed by atoms with E-state index in [0.29, 0.717) is 6.42 Å². The number of carbonyl (C=O) groups is 1. The van der Waals surface area contributed by atoms with Crippen LogP contribution in [0, 0.1) is 0 Å². The molecular weight excluding hydrogens is 1140 g/mol. The molecule has 1 fully saturated rings. The molecule has 534 valence electrons. The number of rotatable bonds is 69. The zero-order chi connectivity index (χ0) is 66.4. The third kappa shape index (κ3) is 58.5. The van der Waals surface area contributed by atoms with Gasteiger partial charge in [0.05, 0.1) is 25.4 Å². The van der Waals surface area contributed by atoms with Crippen molar-refractivity contribution in [2.45, 2.75) is 410 Å². The van der Waals surface area contributed by atoms with Gasteiger partial charge in [0.2, 0.25) is 5.91 Å². The maximum atomic E-state index is 13.2. The van der Waals surface area contributed by atoms with E-state index >= 15 is 0 Å². The normalized spacial score (nSPS) is 18.2. The van der Waals surface area contributed by atoms with Crippen molar-refractivity contribution in [1.29, 1.82) is 0 Å². The summed E-state index contributed by atoms with van der Waals surface area (Å²) in [7, 11) is 0. The molecule has 7 unspecified atom stereocenters. The van der Waals surface area contributed by atoms with Crippen LogP contribution in [-0.4, -0.2) is 87.5 Å². The summed E-state index contributed by atoms with van der Waals surface area (Å²) in [6, 6.07) is -0.812. The number of allylic oxidation sites excluding steroid dienone is 15. The highest BCUT2D eigenvalue weighted by Crippen LogP contribution is 2.24. The Kier molecular flexibility index (Phi) is 67.1. The molecule has 0 aromatic heterocycles. The van der Waals surface area contributed by atoms with Crippen LogP contribution in [0.5, 0.6) is 0 Å². The van der Waals surface area contributed by atoms with Gasteiger partial charge in [-0.3, -0.25) is 4.79 Å². The summed E-state index contributed by atoms with van der Waals surface area (Å²) in [6.07, 6.45) is 96.8. The molecule has 0 aromatic rings. The molecule has 0 spiro atoms. The SMILES string of the molecule is CC/C=C\C/C=C\C/C=C\C/C=C\C/C=C\C/C=C\C/C=C\CCCCCCCCCCCCCCCCCC(=O)NC(COC1OC(CO)C(O)C(O)C1O)C(O)/C=C/CCCCCCCCCCCCCCCCCCCCCCCCCCCCCCCC. The second kappa shape index (κ2) is 70.9. The summed E-state index contributed by atoms with van der Waals surface area (Å²) < 4.78 is 11.3. The molecular formula is C83H149NO8. The standard InChI is InChI=1S/C83H149NO8/c1-3-5-7-9-11-13-15-17-19-21-23-25-27-29-31-33-35-37-38-39-40-41-43-45-47-49-51-53-55-57-59-61-63-65-67-69-71-73-79(87)84-76(75-91-83-82(90)81(89)80(88)78(74-85)92-83)77(86)72-70-68-66-64-62-60-58-56-54-52-50-48-46-44-42-36-34-32-30-28-26-24-22-20-18-16-14-12-10-8-6-4-2/h5,7,11,13,17,19,23,25,29,31,35,37,39-40,70,72,76-78,80-83,85-86,88-90H,3-4,6,8-10,12,14-16,18,20-22,24,26-28,30,32-34,36,38,41-69,71,73-75H2,1-2H3,(H,84,87)/b7-5-,13-11-,19-17-,25-23-,31-29-,37-35-,40-39-,72-70+. The maximum Gasteiger partial charge on any atom is 0.220 e. The second-order valence-corrected chi connectivity index (χ2v) is 27.1. The summed E-state index contributed by atoms with van der Waals surface area (Å²) in [5, 5.41) is 54.9. The number of ether oxygens (including phenoxy) is 2. The molecule has 7 atom stereocenters. The first kappa shape index (κ1) is 87.1. The zero-order valence-electron chi connectivity index (χ0n) is 60.0. The Labute approximate surface area is 568 Å². The summed E-state index contributed by atoms with van der Waals surface area (Å²) in [4.78, 5) is 13.2. The molecule has 1 aliphatic rings. The van der Waals surface area contributed by atoms with E-state index in [4.69, 9.17) is 9.47 Å². The van der Waals surface area contributed by atoms with Crippen molar-refractivity contribution in [3.8, 4) is 0 Å². The van der Waals surface area contributed by atoms with Crippen molar-refractivity contribution in [3.63, 3.8) is 0 Å². The topological polar surface area (TPSA) is 149 Å². The smallest absolute Gasteiger partial charge is 0.220 e. The Bertz CT molecular complexity index is 1780. The van der Waals surface area contributed by atoms with Gasteiger partial charge in [0.1, 0.15) is 24.4 Å². The quantitative estimate of drug-likeness (QED) is 0.0261. The predicted molar refractivity (Wildman–Crippen MR) is 396 cm³/mol. The van der Waals surface area contributed by atoms with Gasteiger partial charge in [-0.05, 0) is 77.0 Å². The third-order valence-corrected chi connectivity index (χ3v) is 18.4. The van der Waals surface area contributed by atoms with Gasteiger partial charge in [0, 0.05) is 6.42 Å². The van der Waals surface area contributed by atoms with Gasteiger partial charge in [-0.2, -0.15) is 0 Å². The summed E-state index contributed by atoms with van der Waals surface area (Å²) in [5.74, 6) is -0.175. The number of carbonyl (C=O) groups excluding carboxylic acids is 1. The Balaban J connectivity index is 2.09. The van der Waals surface area contributed by atoms with Crippen molar-refractivity contribution in [1.82, 2.24) is 5.32 Å². The van der Waals surface area contributed by atoms with E-state index in [1.54, 1.807) is 6.08 Å². The molecule has 1 rings (SSSR count). The van der Waals surface area contributed by atoms with Crippen molar-refractivity contribution < 1.29 is 39.8 Å². The molecule has 1 heterocycles. The Morgan fingerprint density at radius 1 is 0.380 bits per heavy atom. The van der Waals surface area contributed by atoms with Crippen LogP contribution in [0.1, 0.15) is 367 Å². The van der Waals surface area contributed by atoms with E-state index in [-0.39, 0.29) is 12.5 Å². The van der Waals surface area contributed by atoms with Gasteiger partial charge in [-0.1, -0.05) is 381 Å². The average Bonchev–Trinajstić information content (AvgIpc) is 1.00. The molecule has 92 heavy (non-hydrogen) atoms. The van der Waals surface area contributed by atoms with E-state index in [1.165, 1.54) is 263 Å². The highest BCUT2D eigenvalue weighted by molar-refractivity contribution is 5.76. The summed E-state index contributed by atoms with van der Waals surface area (Å²) in [5.41, 5.74) is 0. The minimum absolute atomic E-state index is 0.175. The van der Waals surface area contributed by atoms with Gasteiger partial charge in [0.25, 0.3) is 0 Å². The van der Waals surface area contributed by atoms with Crippen molar-refractivity contribution in [3.05, 3.63) is 97.2 Å². The lowest BCUT2D eigenvalue weighted by molar-refractivity contribution is -0.302. The number of hydrogen-bond acceptors (Lipinski definition) is 8. The summed E-state index contributed by atoms with van der Waals surface area (Å²) >= 11 is 0. The minimum atomic E-state index is -1.57. The number of amides is 1. The lowest BCUT2D eigenvalue weighted by Gasteiger charge is -2.40. The van der Waals surface area contributed by atoms with Crippen LogP contribution in [0.25, 0.3) is 0 Å². The minimum Gasteiger partial charge on any atom is -0.394 e. The van der Waals surface area contributed by atoms with Gasteiger partial charge in [-0.25, -0.2) is 0 Å². The number of aliphatic hydroxyl groups is 5. The maximum absolute atomic E-state index is 13.2. The second-order valence-electron chi connectivity index (χ2n) is 27.1. The van der Waals surface area contributed by atoms with E-state index < -0.39 is 49.5 Å². The van der Waals surface area contributed by atoms with E-state index in [1.807, 2.05) is 6.08 Å². The third-order valence-electron chi connectivity index (χ3n) is 18.4. The molecule has 0 radical (unpaired) electrons. The molecule has 1 amide bonds. The molecule has 0 saturated carbocycles. The molecule has 0 aliphatic carbocycles. The van der Waals surface area contributed by atoms with Gasteiger partial charge in [-0.15, -0.1) is 0 Å². The molecule has 1 saturated heterocycles. The zero-order valence-corrected chi connectivity index (χ0v) is 60.0. The van der Waals surface area contributed by atoms with Crippen LogP contribution in [0.15, 0.2) is 97.2 Å². The summed E-state index contributed by atoms with van der Waals surface area (Å²) in [6.45, 7) is 3.71. The first-order valence-electron chi connectivity index (χ1n) is 39.5. The largest absolute Gasteiger partial charge is 0.394 e. The fourth-order valence-corrected chi connectivity index (χ4v) is 12.3. The van der Waals surface area contributed by atoms with Crippen LogP contribution in [0.4, 0.5) is 0 Å². The van der Waals surface area contributed by atoms with E-state index in [0.717, 1.165) is 83.5 Å². The van der Waals surface area contributed by atoms with Crippen LogP contribution in [-0.2, 0) is 14.3 Å². The molecule has 1 aliphatic heterocycles. The average molecular weight is 1290 g/mol. The van der Waals surface area contributed by atoms with Gasteiger partial charge in [0.15, 0.2) is 6.29 Å². The molecule has 9 heteroatoms. The predicted octanol–water partition coefficient (Wildman–Crippen LogP) is 22.6. The van der Waals surface area contributed by atoms with Crippen molar-refractivity contribution in [2.75, 3.05) is 13.2 Å². The van der Waals surface area contributed by atoms with E-state index in [2.05, 4.69) is 104 Å². The lowest BCUT2D eigenvalue weighted by atomic mass is 9.99. The molecule has 6 N–H and O–H groups in total. The first-order valence-corrected chi connectivity index (χ1v) is 39.5. The first-order chi connectivity index (χ1) is 45.3. The lowest BCUT2D eigenvalue weighted by Crippen LogP contribution is -2.60. The molecule has 0 aromatic carbocycles. The molecule has 9 nitrogen and oxygen atoms in total. The van der Waals surface area contributed by atoms with E-state index in [9.17, 15) is 30.3 Å². The number of unbranched alkanes of at least 4 members (excludes halogenated alkanes) is 45. The Hall–Kier alpha value is -2.89. The number of nitrogens with one attached hydrogen (secondary N) is 1. The fourth-order valence-electron chi connectivity index (χ4n) is 12.3. The van der Waals surface area contributed by atoms with Crippen LogP contribution in [0.2, 0.25) is 0 Å². The Morgan fingerprint density at radius 3 is 1.00 bits per heavy atom. The number of hydrogen-bond donors (Lipinski definition) is 6. The van der Waals surface area contributed by atoms with Gasteiger partial charge >= 0.3 is 0 Å². The van der Waals surface area contributed by atoms with Crippen molar-refractivity contribution in [2.24, 2.45) is 0 Å². The number of aliphatic hydroxyl groups excluding tert-OH is 5.